The number of pyridine rings is 1. The Morgan fingerprint density at radius 2 is 2.00 bits per heavy atom. The van der Waals surface area contributed by atoms with Gasteiger partial charge in [-0.3, -0.25) is 0 Å². The fourth-order valence-electron chi connectivity index (χ4n) is 1.62. The number of rotatable bonds is 3. The van der Waals surface area contributed by atoms with Gasteiger partial charge >= 0.3 is 0 Å². The summed E-state index contributed by atoms with van der Waals surface area (Å²) in [7, 11) is 0. The van der Waals surface area contributed by atoms with E-state index < -0.39 is 0 Å². The second kappa shape index (κ2) is 6.20. The minimum absolute atomic E-state index is 0.0202. The molecule has 1 N–H and O–H groups in total. The topological polar surface area (TPSA) is 24.9 Å². The van der Waals surface area contributed by atoms with Crippen LogP contribution in [0.1, 0.15) is 18.5 Å². The van der Waals surface area contributed by atoms with Gasteiger partial charge in [0.15, 0.2) is 0 Å². The minimum atomic E-state index is -0.271. The van der Waals surface area contributed by atoms with E-state index in [2.05, 4.69) is 42.2 Å². The standard InChI is InChI=1S/C13H10Br2ClFN2/c1-7(8-2-3-12(17)10(14)4-8)19-9-5-11(15)13(16)18-6-9/h2-7,19H,1H3. The van der Waals surface area contributed by atoms with Crippen LogP contribution in [0.3, 0.4) is 0 Å². The number of halogens is 4. The molecule has 19 heavy (non-hydrogen) atoms. The summed E-state index contributed by atoms with van der Waals surface area (Å²) in [5.74, 6) is -0.271. The van der Waals surface area contributed by atoms with Crippen molar-refractivity contribution in [2.75, 3.05) is 5.32 Å². The third-order valence-electron chi connectivity index (χ3n) is 2.62. The minimum Gasteiger partial charge on any atom is -0.377 e. The van der Waals surface area contributed by atoms with Crippen molar-refractivity contribution in [2.45, 2.75) is 13.0 Å². The molecule has 0 saturated heterocycles. The lowest BCUT2D eigenvalue weighted by Gasteiger charge is -2.16. The summed E-state index contributed by atoms with van der Waals surface area (Å²) in [6, 6.07) is 6.81. The highest BCUT2D eigenvalue weighted by Crippen LogP contribution is 2.27. The van der Waals surface area contributed by atoms with Crippen LogP contribution in [-0.2, 0) is 0 Å². The molecule has 0 aliphatic carbocycles. The molecule has 0 aliphatic rings. The maximum Gasteiger partial charge on any atom is 0.143 e. The summed E-state index contributed by atoms with van der Waals surface area (Å²) in [5.41, 5.74) is 1.81. The van der Waals surface area contributed by atoms with Crippen molar-refractivity contribution >= 4 is 49.1 Å². The fraction of sp³-hybridized carbons (Fsp3) is 0.154. The zero-order valence-electron chi connectivity index (χ0n) is 9.92. The number of anilines is 1. The van der Waals surface area contributed by atoms with Gasteiger partial charge in [-0.05, 0) is 62.5 Å². The van der Waals surface area contributed by atoms with Gasteiger partial charge in [0.2, 0.25) is 0 Å². The number of hydrogen-bond donors (Lipinski definition) is 1. The zero-order chi connectivity index (χ0) is 14.0. The lowest BCUT2D eigenvalue weighted by atomic mass is 10.1. The Labute approximate surface area is 132 Å². The Morgan fingerprint density at radius 3 is 2.63 bits per heavy atom. The molecule has 0 fully saturated rings. The molecule has 2 rings (SSSR count). The summed E-state index contributed by atoms with van der Waals surface area (Å²) in [4.78, 5) is 4.04. The number of benzene rings is 1. The Balaban J connectivity index is 2.17. The van der Waals surface area contributed by atoms with Crippen LogP contribution in [0.25, 0.3) is 0 Å². The van der Waals surface area contributed by atoms with Crippen molar-refractivity contribution in [2.24, 2.45) is 0 Å². The van der Waals surface area contributed by atoms with Crippen molar-refractivity contribution in [3.05, 3.63) is 55.9 Å². The molecule has 2 aromatic rings. The number of aromatic nitrogens is 1. The van der Waals surface area contributed by atoms with Gasteiger partial charge in [0.25, 0.3) is 0 Å². The molecule has 1 aromatic heterocycles. The number of nitrogens with one attached hydrogen (secondary N) is 1. The molecule has 2 nitrogen and oxygen atoms in total. The van der Waals surface area contributed by atoms with E-state index in [9.17, 15) is 4.39 Å². The van der Waals surface area contributed by atoms with Crippen molar-refractivity contribution < 1.29 is 4.39 Å². The lowest BCUT2D eigenvalue weighted by Crippen LogP contribution is -2.07. The van der Waals surface area contributed by atoms with E-state index in [-0.39, 0.29) is 11.9 Å². The van der Waals surface area contributed by atoms with Gasteiger partial charge in [0, 0.05) is 6.04 Å². The largest absolute Gasteiger partial charge is 0.377 e. The molecule has 1 aromatic carbocycles. The summed E-state index contributed by atoms with van der Waals surface area (Å²) in [6.07, 6.45) is 1.65. The summed E-state index contributed by atoms with van der Waals surface area (Å²) in [6.45, 7) is 1.99. The molecule has 0 spiro atoms. The van der Waals surface area contributed by atoms with Crippen LogP contribution >= 0.6 is 43.5 Å². The second-order valence-corrected chi connectivity index (χ2v) is 6.10. The first-order valence-corrected chi connectivity index (χ1v) is 7.46. The van der Waals surface area contributed by atoms with Crippen LogP contribution < -0.4 is 5.32 Å². The highest BCUT2D eigenvalue weighted by atomic mass is 79.9. The molecule has 6 heteroatoms. The highest BCUT2D eigenvalue weighted by molar-refractivity contribution is 9.10. The normalized spacial score (nSPS) is 12.3. The fourth-order valence-corrected chi connectivity index (χ4v) is 2.46. The quantitative estimate of drug-likeness (QED) is 0.672. The maximum absolute atomic E-state index is 13.2. The van der Waals surface area contributed by atoms with Crippen LogP contribution in [0.2, 0.25) is 5.15 Å². The van der Waals surface area contributed by atoms with Crippen LogP contribution in [0.15, 0.2) is 39.4 Å². The highest BCUT2D eigenvalue weighted by Gasteiger charge is 2.09. The molecule has 0 amide bonds. The van der Waals surface area contributed by atoms with E-state index in [1.807, 2.05) is 13.0 Å². The van der Waals surface area contributed by atoms with Crippen LogP contribution in [0.5, 0.6) is 0 Å². The van der Waals surface area contributed by atoms with Crippen LogP contribution in [-0.4, -0.2) is 4.98 Å². The Bertz CT molecular complexity index is 607. The average Bonchev–Trinajstić information content (AvgIpc) is 2.37. The molecule has 0 aliphatic heterocycles. The maximum atomic E-state index is 13.2. The Morgan fingerprint density at radius 1 is 1.26 bits per heavy atom. The number of nitrogens with zero attached hydrogens (tertiary/aromatic N) is 1. The molecular formula is C13H10Br2ClFN2. The molecule has 1 unspecified atom stereocenters. The predicted molar refractivity (Wildman–Crippen MR) is 83.1 cm³/mol. The first kappa shape index (κ1) is 14.8. The summed E-state index contributed by atoms with van der Waals surface area (Å²) >= 11 is 12.3. The monoisotopic (exact) mass is 406 g/mol. The Kier molecular flexibility index (Phi) is 4.81. The average molecular weight is 408 g/mol. The zero-order valence-corrected chi connectivity index (χ0v) is 13.9. The van der Waals surface area contributed by atoms with Gasteiger partial charge in [0.1, 0.15) is 11.0 Å². The molecular weight excluding hydrogens is 398 g/mol. The van der Waals surface area contributed by atoms with Crippen LogP contribution in [0.4, 0.5) is 10.1 Å². The third-order valence-corrected chi connectivity index (χ3v) is 4.36. The predicted octanol–water partition coefficient (Wildman–Crippen LogP) is 5.57. The van der Waals surface area contributed by atoms with E-state index in [4.69, 9.17) is 11.6 Å². The van der Waals surface area contributed by atoms with Gasteiger partial charge in [-0.25, -0.2) is 9.37 Å². The van der Waals surface area contributed by atoms with Gasteiger partial charge in [0.05, 0.1) is 20.8 Å². The first-order valence-electron chi connectivity index (χ1n) is 5.50. The molecule has 0 bridgehead atoms. The van der Waals surface area contributed by atoms with Gasteiger partial charge < -0.3 is 5.32 Å². The Hall–Kier alpha value is -0.650. The smallest absolute Gasteiger partial charge is 0.143 e. The van der Waals surface area contributed by atoms with Gasteiger partial charge in [-0.15, -0.1) is 0 Å². The van der Waals surface area contributed by atoms with Crippen LogP contribution in [0, 0.1) is 5.82 Å². The molecule has 100 valence electrons. The van der Waals surface area contributed by atoms with E-state index in [1.54, 1.807) is 18.3 Å². The van der Waals surface area contributed by atoms with Crippen molar-refractivity contribution in [1.82, 2.24) is 4.98 Å². The van der Waals surface area contributed by atoms with Crippen molar-refractivity contribution in [3.8, 4) is 0 Å². The van der Waals surface area contributed by atoms with Gasteiger partial charge in [-0.2, -0.15) is 0 Å². The van der Waals surface area contributed by atoms with Gasteiger partial charge in [-0.1, -0.05) is 17.7 Å². The molecule has 0 radical (unpaired) electrons. The summed E-state index contributed by atoms with van der Waals surface area (Å²) < 4.78 is 14.4. The number of hydrogen-bond acceptors (Lipinski definition) is 2. The lowest BCUT2D eigenvalue weighted by molar-refractivity contribution is 0.619. The summed E-state index contributed by atoms with van der Waals surface area (Å²) in [5, 5.41) is 3.70. The van der Waals surface area contributed by atoms with E-state index >= 15 is 0 Å². The van der Waals surface area contributed by atoms with E-state index in [1.165, 1.54) is 6.07 Å². The molecule has 1 atom stereocenters. The third kappa shape index (κ3) is 3.68. The molecule has 1 heterocycles. The van der Waals surface area contributed by atoms with E-state index in [0.29, 0.717) is 9.63 Å². The SMILES string of the molecule is CC(Nc1cnc(Cl)c(Br)c1)c1ccc(F)c(Br)c1. The van der Waals surface area contributed by atoms with Crippen molar-refractivity contribution in [1.29, 1.82) is 0 Å². The molecule has 0 saturated carbocycles. The first-order chi connectivity index (χ1) is 8.97. The van der Waals surface area contributed by atoms with Crippen molar-refractivity contribution in [3.63, 3.8) is 0 Å². The second-order valence-electron chi connectivity index (χ2n) is 4.04. The van der Waals surface area contributed by atoms with E-state index in [0.717, 1.165) is 15.7 Å².